The zero-order chi connectivity index (χ0) is 11.2. The van der Waals surface area contributed by atoms with E-state index in [0.29, 0.717) is 19.8 Å². The fourth-order valence-corrected chi connectivity index (χ4v) is 1.64. The molecule has 0 spiro atoms. The number of ether oxygens (including phenoxy) is 1. The summed E-state index contributed by atoms with van der Waals surface area (Å²) in [5.74, 6) is 0.00329. The van der Waals surface area contributed by atoms with Gasteiger partial charge in [0.05, 0.1) is 13.2 Å². The molecule has 0 aromatic heterocycles. The van der Waals surface area contributed by atoms with Gasteiger partial charge in [0.15, 0.2) is 0 Å². The number of benzene rings is 1. The molecule has 1 heterocycles. The van der Waals surface area contributed by atoms with Crippen LogP contribution >= 0.6 is 12.4 Å². The van der Waals surface area contributed by atoms with Crippen LogP contribution in [0.2, 0.25) is 0 Å². The van der Waals surface area contributed by atoms with Crippen LogP contribution in [0.4, 0.5) is 0 Å². The molecule has 1 amide bonds. The van der Waals surface area contributed by atoms with E-state index in [-0.39, 0.29) is 24.4 Å². The van der Waals surface area contributed by atoms with Crippen molar-refractivity contribution in [1.82, 2.24) is 10.6 Å². The Hall–Kier alpha value is -1.10. The lowest BCUT2D eigenvalue weighted by molar-refractivity contribution is -0.126. The Morgan fingerprint density at radius 3 is 2.82 bits per heavy atom. The lowest BCUT2D eigenvalue weighted by atomic mass is 10.2. The van der Waals surface area contributed by atoms with Gasteiger partial charge in [0, 0.05) is 13.1 Å². The second-order valence-corrected chi connectivity index (χ2v) is 3.79. The van der Waals surface area contributed by atoms with Crippen LogP contribution in [0.25, 0.3) is 0 Å². The molecule has 0 aliphatic carbocycles. The average molecular weight is 257 g/mol. The minimum Gasteiger partial charge on any atom is -0.378 e. The standard InChI is InChI=1S/C12H16N2O2.ClH/c15-12(11-9-16-7-6-13-11)14-8-10-4-2-1-3-5-10;/h1-5,11,13H,6-9H2,(H,14,15);1H. The molecule has 4 nitrogen and oxygen atoms in total. The van der Waals surface area contributed by atoms with E-state index in [1.165, 1.54) is 0 Å². The van der Waals surface area contributed by atoms with Crippen LogP contribution in [0.15, 0.2) is 30.3 Å². The molecule has 94 valence electrons. The van der Waals surface area contributed by atoms with E-state index in [2.05, 4.69) is 10.6 Å². The number of morpholine rings is 1. The highest BCUT2D eigenvalue weighted by Gasteiger charge is 2.20. The molecule has 1 aliphatic rings. The average Bonchev–Trinajstić information content (AvgIpc) is 2.38. The number of rotatable bonds is 3. The highest BCUT2D eigenvalue weighted by atomic mass is 35.5. The van der Waals surface area contributed by atoms with Gasteiger partial charge in [-0.15, -0.1) is 12.4 Å². The van der Waals surface area contributed by atoms with Crippen LogP contribution in [0.5, 0.6) is 0 Å². The Morgan fingerprint density at radius 2 is 2.18 bits per heavy atom. The van der Waals surface area contributed by atoms with Gasteiger partial charge < -0.3 is 15.4 Å². The first kappa shape index (κ1) is 14.0. The van der Waals surface area contributed by atoms with Gasteiger partial charge in [-0.25, -0.2) is 0 Å². The van der Waals surface area contributed by atoms with Gasteiger partial charge in [0.25, 0.3) is 0 Å². The Labute approximate surface area is 107 Å². The van der Waals surface area contributed by atoms with E-state index in [0.717, 1.165) is 12.1 Å². The van der Waals surface area contributed by atoms with E-state index in [1.807, 2.05) is 30.3 Å². The fourth-order valence-electron chi connectivity index (χ4n) is 1.64. The lowest BCUT2D eigenvalue weighted by Gasteiger charge is -2.22. The van der Waals surface area contributed by atoms with Crippen LogP contribution < -0.4 is 10.6 Å². The Kier molecular flexibility index (Phi) is 5.97. The van der Waals surface area contributed by atoms with Crippen molar-refractivity contribution >= 4 is 18.3 Å². The third-order valence-electron chi connectivity index (χ3n) is 2.55. The predicted molar refractivity (Wildman–Crippen MR) is 68.1 cm³/mol. The molecule has 0 radical (unpaired) electrons. The fraction of sp³-hybridized carbons (Fsp3) is 0.417. The molecule has 1 saturated heterocycles. The second kappa shape index (κ2) is 7.27. The Bertz CT molecular complexity index is 340. The number of amides is 1. The molecule has 17 heavy (non-hydrogen) atoms. The minimum absolute atomic E-state index is 0. The highest BCUT2D eigenvalue weighted by molar-refractivity contribution is 5.85. The first-order valence-corrected chi connectivity index (χ1v) is 5.49. The van der Waals surface area contributed by atoms with E-state index in [4.69, 9.17) is 4.74 Å². The summed E-state index contributed by atoms with van der Waals surface area (Å²) in [6.45, 7) is 2.45. The number of nitrogens with one attached hydrogen (secondary N) is 2. The number of carbonyl (C=O) groups is 1. The first-order chi connectivity index (χ1) is 7.86. The van der Waals surface area contributed by atoms with Gasteiger partial charge in [-0.3, -0.25) is 4.79 Å². The zero-order valence-electron chi connectivity index (χ0n) is 9.52. The van der Waals surface area contributed by atoms with E-state index < -0.39 is 0 Å². The summed E-state index contributed by atoms with van der Waals surface area (Å²) in [6.07, 6.45) is 0. The van der Waals surface area contributed by atoms with Crippen molar-refractivity contribution in [3.63, 3.8) is 0 Å². The second-order valence-electron chi connectivity index (χ2n) is 3.79. The first-order valence-electron chi connectivity index (χ1n) is 5.49. The number of halogens is 1. The van der Waals surface area contributed by atoms with Crippen molar-refractivity contribution in [2.75, 3.05) is 19.8 Å². The van der Waals surface area contributed by atoms with Gasteiger partial charge in [-0.1, -0.05) is 30.3 Å². The van der Waals surface area contributed by atoms with Crippen molar-refractivity contribution < 1.29 is 9.53 Å². The molecule has 0 saturated carbocycles. The maximum atomic E-state index is 11.7. The monoisotopic (exact) mass is 256 g/mol. The van der Waals surface area contributed by atoms with Gasteiger partial charge in [-0.05, 0) is 5.56 Å². The third-order valence-corrected chi connectivity index (χ3v) is 2.55. The number of hydrogen-bond donors (Lipinski definition) is 2. The van der Waals surface area contributed by atoms with Gasteiger partial charge in [0.2, 0.25) is 5.91 Å². The largest absolute Gasteiger partial charge is 0.378 e. The highest BCUT2D eigenvalue weighted by Crippen LogP contribution is 1.98. The quantitative estimate of drug-likeness (QED) is 0.838. The maximum Gasteiger partial charge on any atom is 0.239 e. The molecule has 1 unspecified atom stereocenters. The van der Waals surface area contributed by atoms with Crippen molar-refractivity contribution in [3.05, 3.63) is 35.9 Å². The van der Waals surface area contributed by atoms with Crippen LogP contribution in [-0.2, 0) is 16.1 Å². The van der Waals surface area contributed by atoms with Crippen LogP contribution in [0.3, 0.4) is 0 Å². The molecule has 5 heteroatoms. The molecule has 1 aromatic rings. The Balaban J connectivity index is 0.00000144. The van der Waals surface area contributed by atoms with Crippen LogP contribution in [0, 0.1) is 0 Å². The summed E-state index contributed by atoms with van der Waals surface area (Å²) in [7, 11) is 0. The summed E-state index contributed by atoms with van der Waals surface area (Å²) in [6, 6.07) is 9.66. The van der Waals surface area contributed by atoms with Crippen LogP contribution in [-0.4, -0.2) is 31.7 Å². The van der Waals surface area contributed by atoms with Crippen molar-refractivity contribution in [2.45, 2.75) is 12.6 Å². The smallest absolute Gasteiger partial charge is 0.239 e. The molecule has 1 aromatic carbocycles. The SMILES string of the molecule is Cl.O=C(NCc1ccccc1)C1COCCN1. The topological polar surface area (TPSA) is 50.4 Å². The summed E-state index contributed by atoms with van der Waals surface area (Å²) >= 11 is 0. The van der Waals surface area contributed by atoms with Crippen molar-refractivity contribution in [1.29, 1.82) is 0 Å². The molecular formula is C12H17ClN2O2. The molecule has 1 aliphatic heterocycles. The molecule has 1 atom stereocenters. The van der Waals surface area contributed by atoms with E-state index >= 15 is 0 Å². The van der Waals surface area contributed by atoms with E-state index in [9.17, 15) is 4.79 Å². The summed E-state index contributed by atoms with van der Waals surface area (Å²) in [5, 5.41) is 6.01. The molecule has 2 rings (SSSR count). The van der Waals surface area contributed by atoms with Crippen molar-refractivity contribution in [2.24, 2.45) is 0 Å². The minimum atomic E-state index is -0.211. The van der Waals surface area contributed by atoms with Gasteiger partial charge >= 0.3 is 0 Å². The van der Waals surface area contributed by atoms with Gasteiger partial charge in [-0.2, -0.15) is 0 Å². The summed E-state index contributed by atoms with van der Waals surface area (Å²) < 4.78 is 5.23. The maximum absolute atomic E-state index is 11.7. The zero-order valence-corrected chi connectivity index (χ0v) is 10.3. The Morgan fingerprint density at radius 1 is 1.41 bits per heavy atom. The van der Waals surface area contributed by atoms with E-state index in [1.54, 1.807) is 0 Å². The molecule has 2 N–H and O–H groups in total. The van der Waals surface area contributed by atoms with Crippen molar-refractivity contribution in [3.8, 4) is 0 Å². The predicted octanol–water partition coefficient (Wildman–Crippen LogP) is 0.713. The molecule has 1 fully saturated rings. The number of hydrogen-bond acceptors (Lipinski definition) is 3. The molecular weight excluding hydrogens is 240 g/mol. The number of carbonyl (C=O) groups excluding carboxylic acids is 1. The normalized spacial score (nSPS) is 19.2. The summed E-state index contributed by atoms with van der Waals surface area (Å²) in [5.41, 5.74) is 1.10. The van der Waals surface area contributed by atoms with Crippen LogP contribution in [0.1, 0.15) is 5.56 Å². The molecule has 0 bridgehead atoms. The lowest BCUT2D eigenvalue weighted by Crippen LogP contribution is -2.51. The third kappa shape index (κ3) is 4.34. The van der Waals surface area contributed by atoms with Gasteiger partial charge in [0.1, 0.15) is 6.04 Å². The summed E-state index contributed by atoms with van der Waals surface area (Å²) in [4.78, 5) is 11.7.